The molecule has 0 heterocycles. The van der Waals surface area contributed by atoms with Gasteiger partial charge in [-0.15, -0.1) is 0 Å². The minimum absolute atomic E-state index is 0.821. The van der Waals surface area contributed by atoms with E-state index < -0.39 is 0 Å². The van der Waals surface area contributed by atoms with Gasteiger partial charge >= 0.3 is 0 Å². The van der Waals surface area contributed by atoms with E-state index in [1.54, 1.807) is 0 Å². The van der Waals surface area contributed by atoms with E-state index in [1.165, 1.54) is 85.2 Å². The number of aryl methyl sites for hydroxylation is 2. The normalized spacial score (nSPS) is 15.9. The first-order valence-electron chi connectivity index (χ1n) is 23.1. The minimum Gasteiger partial charge on any atom is -0.310 e. The molecule has 4 aliphatic rings. The van der Waals surface area contributed by atoms with Crippen molar-refractivity contribution in [1.82, 2.24) is 0 Å². The van der Waals surface area contributed by atoms with E-state index in [0.29, 0.717) is 0 Å². The van der Waals surface area contributed by atoms with Crippen LogP contribution in [-0.4, -0.2) is 0 Å². The molecule has 2 nitrogen and oxygen atoms in total. The van der Waals surface area contributed by atoms with Gasteiger partial charge in [0.05, 0.1) is 11.4 Å². The van der Waals surface area contributed by atoms with Gasteiger partial charge in [0.25, 0.3) is 0 Å². The summed E-state index contributed by atoms with van der Waals surface area (Å²) in [6, 6.07) is 48.3. The molecule has 0 aliphatic heterocycles. The first-order valence-corrected chi connectivity index (χ1v) is 23.1. The standard InChI is InChI=1S/C62H54N2/c1-7-21-47(22-8-1)37-39-49-25-19-33-55(43-41-49)63(53-29-13-4-14-30-53)61-57-35-17-6-18-36-58(57)62(60-46-52-28-12-3-11-27-51(52)45-59(60)61)64(54-31-15-5-16-32-54)56-34-20-26-50(42-44-56)40-38-48-23-9-2-10-24-48/h1-2,4-10,13-17,20-25,29-46H,3,11-12,18-19,26-28H2/b39-37+,40-38+. The van der Waals surface area contributed by atoms with Gasteiger partial charge in [-0.2, -0.15) is 0 Å². The number of anilines is 4. The van der Waals surface area contributed by atoms with Crippen molar-refractivity contribution in [3.8, 4) is 0 Å². The maximum atomic E-state index is 2.58. The zero-order chi connectivity index (χ0) is 42.9. The van der Waals surface area contributed by atoms with Crippen LogP contribution in [0.5, 0.6) is 0 Å². The monoisotopic (exact) mass is 826 g/mol. The van der Waals surface area contributed by atoms with Crippen LogP contribution in [0.25, 0.3) is 35.1 Å². The molecule has 0 atom stereocenters. The Bertz CT molecular complexity index is 3060. The summed E-state index contributed by atoms with van der Waals surface area (Å²) in [7, 11) is 0. The lowest BCUT2D eigenvalue weighted by Gasteiger charge is -2.33. The average Bonchev–Trinajstić information content (AvgIpc) is 3.93. The molecule has 0 aromatic heterocycles. The lowest BCUT2D eigenvalue weighted by Crippen LogP contribution is -2.37. The van der Waals surface area contributed by atoms with Crippen LogP contribution < -0.4 is 20.2 Å². The second-order valence-corrected chi connectivity index (χ2v) is 17.0. The fraction of sp³-hybridized carbons (Fsp3) is 0.129. The van der Waals surface area contributed by atoms with E-state index in [9.17, 15) is 0 Å². The molecule has 4 aliphatic carbocycles. The maximum Gasteiger partial charge on any atom is 0.0619 e. The molecule has 312 valence electrons. The quantitative estimate of drug-likeness (QED) is 0.100. The number of hydrogen-bond acceptors (Lipinski definition) is 2. The Morgan fingerprint density at radius 1 is 0.438 bits per heavy atom. The highest BCUT2D eigenvalue weighted by atomic mass is 15.2. The topological polar surface area (TPSA) is 6.48 Å². The predicted octanol–water partition coefficient (Wildman–Crippen LogP) is 14.9. The maximum absolute atomic E-state index is 2.58. The van der Waals surface area contributed by atoms with Gasteiger partial charge in [-0.3, -0.25) is 0 Å². The van der Waals surface area contributed by atoms with Crippen molar-refractivity contribution in [2.24, 2.45) is 0 Å². The summed E-state index contributed by atoms with van der Waals surface area (Å²) in [4.78, 5) is 5.07. The van der Waals surface area contributed by atoms with Crippen LogP contribution >= 0.6 is 0 Å². The van der Waals surface area contributed by atoms with Gasteiger partial charge in [-0.1, -0.05) is 182 Å². The molecule has 0 saturated heterocycles. The van der Waals surface area contributed by atoms with Gasteiger partial charge in [-0.05, 0) is 133 Å². The molecule has 0 fully saturated rings. The van der Waals surface area contributed by atoms with Crippen LogP contribution in [0.4, 0.5) is 22.7 Å². The van der Waals surface area contributed by atoms with E-state index in [4.69, 9.17) is 0 Å². The Labute approximate surface area is 378 Å². The van der Waals surface area contributed by atoms with Crippen LogP contribution in [-0.2, 0) is 12.8 Å². The number of fused-ring (bicyclic) bond motifs is 3. The van der Waals surface area contributed by atoms with Crippen molar-refractivity contribution < 1.29 is 0 Å². The Kier molecular flexibility index (Phi) is 12.3. The summed E-state index contributed by atoms with van der Waals surface area (Å²) in [6.07, 6.45) is 45.4. The molecule has 6 aromatic rings. The van der Waals surface area contributed by atoms with Crippen LogP contribution in [0.15, 0.2) is 229 Å². The minimum atomic E-state index is 0.821. The van der Waals surface area contributed by atoms with E-state index in [1.807, 2.05) is 0 Å². The van der Waals surface area contributed by atoms with E-state index in [0.717, 1.165) is 54.9 Å². The van der Waals surface area contributed by atoms with Crippen molar-refractivity contribution in [2.45, 2.75) is 51.4 Å². The molecular formula is C62H54N2. The number of rotatable bonds is 10. The molecular weight excluding hydrogens is 773 g/mol. The van der Waals surface area contributed by atoms with Crippen molar-refractivity contribution in [1.29, 1.82) is 0 Å². The molecule has 2 heteroatoms. The van der Waals surface area contributed by atoms with Crippen molar-refractivity contribution in [3.63, 3.8) is 0 Å². The summed E-state index contributed by atoms with van der Waals surface area (Å²) < 4.78 is 0. The zero-order valence-electron chi connectivity index (χ0n) is 36.5. The molecule has 0 spiro atoms. The summed E-state index contributed by atoms with van der Waals surface area (Å²) in [5.41, 5.74) is 14.9. The van der Waals surface area contributed by atoms with Gasteiger partial charge in [-0.25, -0.2) is 0 Å². The molecule has 0 amide bonds. The lowest BCUT2D eigenvalue weighted by atomic mass is 9.92. The fourth-order valence-electron chi connectivity index (χ4n) is 9.51. The Hall–Kier alpha value is -7.42. The summed E-state index contributed by atoms with van der Waals surface area (Å²) >= 11 is 0. The third-order valence-corrected chi connectivity index (χ3v) is 12.7. The molecule has 6 aromatic carbocycles. The SMILES string of the molecule is C1=CCC=c2c(N(C3=CC=C(/C=C/c4ccccc4)CC=C3)c3ccccc3)c3cc4c(cc3c(N(C3=CCC=C(/C=C/c5ccccc5)C=C3)c3ccccc3)c2=C1)CCCCC4. The first kappa shape index (κ1) is 40.6. The first-order chi connectivity index (χ1) is 31.8. The predicted molar refractivity (Wildman–Crippen MR) is 275 cm³/mol. The molecule has 0 bridgehead atoms. The Balaban J connectivity index is 1.21. The van der Waals surface area contributed by atoms with Crippen LogP contribution in [0.3, 0.4) is 0 Å². The fourth-order valence-corrected chi connectivity index (χ4v) is 9.51. The highest BCUT2D eigenvalue weighted by Gasteiger charge is 2.27. The summed E-state index contributed by atoms with van der Waals surface area (Å²) in [6.45, 7) is 0. The smallest absolute Gasteiger partial charge is 0.0619 e. The average molecular weight is 827 g/mol. The van der Waals surface area contributed by atoms with Crippen molar-refractivity contribution in [3.05, 3.63) is 262 Å². The molecule has 64 heavy (non-hydrogen) atoms. The van der Waals surface area contributed by atoms with E-state index >= 15 is 0 Å². The number of para-hydroxylation sites is 2. The second-order valence-electron chi connectivity index (χ2n) is 17.0. The number of hydrogen-bond donors (Lipinski definition) is 0. The Morgan fingerprint density at radius 3 is 1.69 bits per heavy atom. The van der Waals surface area contributed by atoms with Gasteiger partial charge in [0.2, 0.25) is 0 Å². The van der Waals surface area contributed by atoms with Gasteiger partial charge < -0.3 is 9.80 Å². The van der Waals surface area contributed by atoms with Gasteiger partial charge in [0.15, 0.2) is 0 Å². The second kappa shape index (κ2) is 19.3. The third kappa shape index (κ3) is 8.91. The number of nitrogens with zero attached hydrogens (tertiary/aromatic N) is 2. The summed E-state index contributed by atoms with van der Waals surface area (Å²) in [5, 5.41) is 5.03. The Morgan fingerprint density at radius 2 is 1.03 bits per heavy atom. The molecule has 0 radical (unpaired) electrons. The van der Waals surface area contributed by atoms with Crippen LogP contribution in [0.1, 0.15) is 60.8 Å². The molecule has 0 unspecified atom stereocenters. The number of benzene rings is 6. The van der Waals surface area contributed by atoms with E-state index in [2.05, 4.69) is 240 Å². The summed E-state index contributed by atoms with van der Waals surface area (Å²) in [5.74, 6) is 0. The lowest BCUT2D eigenvalue weighted by molar-refractivity contribution is 0.712. The highest BCUT2D eigenvalue weighted by Crippen LogP contribution is 2.42. The van der Waals surface area contributed by atoms with Gasteiger partial charge in [0, 0.05) is 44.0 Å². The zero-order valence-corrected chi connectivity index (χ0v) is 36.5. The van der Waals surface area contributed by atoms with Gasteiger partial charge in [0.1, 0.15) is 0 Å². The molecule has 0 N–H and O–H groups in total. The number of allylic oxidation sites excluding steroid dienone is 14. The van der Waals surface area contributed by atoms with Crippen molar-refractivity contribution in [2.75, 3.05) is 9.80 Å². The molecule has 10 rings (SSSR count). The third-order valence-electron chi connectivity index (χ3n) is 12.7. The molecule has 0 saturated carbocycles. The van der Waals surface area contributed by atoms with Crippen LogP contribution in [0.2, 0.25) is 0 Å². The van der Waals surface area contributed by atoms with Crippen molar-refractivity contribution >= 4 is 57.8 Å². The van der Waals surface area contributed by atoms with E-state index in [-0.39, 0.29) is 0 Å². The highest BCUT2D eigenvalue weighted by molar-refractivity contribution is 6.07. The van der Waals surface area contributed by atoms with Crippen LogP contribution in [0, 0.1) is 0 Å². The largest absolute Gasteiger partial charge is 0.310 e.